The highest BCUT2D eigenvalue weighted by Crippen LogP contribution is 2.54. The van der Waals surface area contributed by atoms with E-state index in [0.29, 0.717) is 0 Å². The fraction of sp³-hybridized carbons (Fsp3) is 1.00. The molecule has 0 aromatic rings. The number of hydrogen-bond acceptors (Lipinski definition) is 3. The molecule has 0 nitrogen and oxygen atoms in total. The van der Waals surface area contributed by atoms with Gasteiger partial charge < -0.3 is 0 Å². The van der Waals surface area contributed by atoms with Gasteiger partial charge in [-0.3, -0.25) is 0 Å². The lowest BCUT2D eigenvalue weighted by Crippen LogP contribution is -2.02. The fourth-order valence-corrected chi connectivity index (χ4v) is 8.03. The highest BCUT2D eigenvalue weighted by molar-refractivity contribution is 8.82. The van der Waals surface area contributed by atoms with Crippen molar-refractivity contribution in [3.8, 4) is 0 Å². The van der Waals surface area contributed by atoms with Crippen LogP contribution in [-0.4, -0.2) is 9.16 Å². The second kappa shape index (κ2) is 5.82. The average molecular weight is 236 g/mol. The van der Waals surface area contributed by atoms with Crippen LogP contribution >= 0.6 is 33.3 Å². The van der Waals surface area contributed by atoms with Gasteiger partial charge in [0.15, 0.2) is 0 Å². The zero-order valence-electron chi connectivity index (χ0n) is 8.95. The first kappa shape index (κ1) is 12.1. The van der Waals surface area contributed by atoms with Gasteiger partial charge in [0.05, 0.1) is 9.16 Å². The molecule has 1 saturated heterocycles. The molecule has 0 amide bonds. The number of hydrogen-bond donors (Lipinski definition) is 0. The van der Waals surface area contributed by atoms with Crippen LogP contribution < -0.4 is 0 Å². The lowest BCUT2D eigenvalue weighted by atomic mass is 10.2. The molecule has 2 atom stereocenters. The van der Waals surface area contributed by atoms with Crippen LogP contribution in [0.5, 0.6) is 0 Å². The molecule has 0 aromatic carbocycles. The third kappa shape index (κ3) is 4.89. The topological polar surface area (TPSA) is 0 Å². The lowest BCUT2D eigenvalue weighted by molar-refractivity contribution is 0.612. The van der Waals surface area contributed by atoms with Crippen LogP contribution in [0, 0.1) is 11.8 Å². The molecule has 1 aliphatic heterocycles. The molecule has 13 heavy (non-hydrogen) atoms. The predicted octanol–water partition coefficient (Wildman–Crippen LogP) is 4.86. The van der Waals surface area contributed by atoms with Crippen LogP contribution in [0.25, 0.3) is 0 Å². The van der Waals surface area contributed by atoms with Crippen molar-refractivity contribution in [3.05, 3.63) is 0 Å². The molecule has 0 bridgehead atoms. The fourth-order valence-electron chi connectivity index (χ4n) is 1.30. The first-order valence-corrected chi connectivity index (χ1v) is 8.27. The summed E-state index contributed by atoms with van der Waals surface area (Å²) < 4.78 is 1.71. The SMILES string of the molecule is CC(C)C[C@@H]1SS[C@@H](CC(C)C)S1. The quantitative estimate of drug-likeness (QED) is 0.640. The average Bonchev–Trinajstić information content (AvgIpc) is 2.33. The zero-order chi connectivity index (χ0) is 9.84. The van der Waals surface area contributed by atoms with E-state index in [1.54, 1.807) is 0 Å². The van der Waals surface area contributed by atoms with Gasteiger partial charge in [-0.25, -0.2) is 0 Å². The molecule has 1 fully saturated rings. The Balaban J connectivity index is 2.20. The van der Waals surface area contributed by atoms with Crippen LogP contribution in [0.1, 0.15) is 40.5 Å². The number of thioether (sulfide) groups is 1. The normalized spacial score (nSPS) is 29.1. The van der Waals surface area contributed by atoms with Gasteiger partial charge in [0.25, 0.3) is 0 Å². The summed E-state index contributed by atoms with van der Waals surface area (Å²) in [5.74, 6) is 1.70. The van der Waals surface area contributed by atoms with Crippen molar-refractivity contribution in [3.63, 3.8) is 0 Å². The molecule has 0 unspecified atom stereocenters. The Bertz CT molecular complexity index is 129. The minimum atomic E-state index is 0.850. The Morgan fingerprint density at radius 3 is 1.54 bits per heavy atom. The van der Waals surface area contributed by atoms with E-state index in [9.17, 15) is 0 Å². The summed E-state index contributed by atoms with van der Waals surface area (Å²) in [6.45, 7) is 9.28. The molecule has 78 valence electrons. The first-order valence-electron chi connectivity index (χ1n) is 5.05. The van der Waals surface area contributed by atoms with Gasteiger partial charge in [-0.05, 0) is 24.7 Å². The molecule has 0 radical (unpaired) electrons. The molecular weight excluding hydrogens is 216 g/mol. The summed E-state index contributed by atoms with van der Waals surface area (Å²) in [6, 6.07) is 0. The van der Waals surface area contributed by atoms with Crippen LogP contribution in [0.2, 0.25) is 0 Å². The maximum absolute atomic E-state index is 2.32. The molecule has 1 rings (SSSR count). The maximum Gasteiger partial charge on any atom is 0.0620 e. The van der Waals surface area contributed by atoms with Gasteiger partial charge in [-0.1, -0.05) is 49.3 Å². The number of rotatable bonds is 4. The van der Waals surface area contributed by atoms with Crippen LogP contribution in [0.3, 0.4) is 0 Å². The van der Waals surface area contributed by atoms with Crippen LogP contribution in [0.4, 0.5) is 0 Å². The van der Waals surface area contributed by atoms with E-state index in [4.69, 9.17) is 0 Å². The predicted molar refractivity (Wildman–Crippen MR) is 69.3 cm³/mol. The molecule has 0 aromatic heterocycles. The van der Waals surface area contributed by atoms with Crippen LogP contribution in [-0.2, 0) is 0 Å². The van der Waals surface area contributed by atoms with Gasteiger partial charge in [0, 0.05) is 0 Å². The molecule has 0 aliphatic carbocycles. The third-order valence-electron chi connectivity index (χ3n) is 1.90. The largest absolute Gasteiger partial charge is 0.131 e. The van der Waals surface area contributed by atoms with E-state index in [1.165, 1.54) is 12.8 Å². The van der Waals surface area contributed by atoms with E-state index >= 15 is 0 Å². The highest BCUT2D eigenvalue weighted by atomic mass is 33.1. The maximum atomic E-state index is 2.32. The minimum Gasteiger partial charge on any atom is -0.131 e. The minimum absolute atomic E-state index is 0.850. The Kier molecular flexibility index (Phi) is 5.42. The molecule has 1 aliphatic rings. The van der Waals surface area contributed by atoms with Crippen molar-refractivity contribution >= 4 is 33.3 Å². The Morgan fingerprint density at radius 1 is 0.846 bits per heavy atom. The summed E-state index contributed by atoms with van der Waals surface area (Å²) in [6.07, 6.45) is 2.74. The summed E-state index contributed by atoms with van der Waals surface area (Å²) in [7, 11) is 4.20. The summed E-state index contributed by atoms with van der Waals surface area (Å²) in [5.41, 5.74) is 0. The Hall–Kier alpha value is 1.05. The first-order chi connectivity index (χ1) is 6.08. The lowest BCUT2D eigenvalue weighted by Gasteiger charge is -2.12. The van der Waals surface area contributed by atoms with Crippen molar-refractivity contribution in [1.82, 2.24) is 0 Å². The van der Waals surface area contributed by atoms with Gasteiger partial charge in [-0.2, -0.15) is 0 Å². The summed E-state index contributed by atoms with van der Waals surface area (Å²) >= 11 is 2.19. The van der Waals surface area contributed by atoms with Crippen molar-refractivity contribution in [2.75, 3.05) is 0 Å². The van der Waals surface area contributed by atoms with E-state index in [1.807, 2.05) is 0 Å². The van der Waals surface area contributed by atoms with Gasteiger partial charge >= 0.3 is 0 Å². The second-order valence-corrected chi connectivity index (χ2v) is 9.13. The van der Waals surface area contributed by atoms with E-state index < -0.39 is 0 Å². The van der Waals surface area contributed by atoms with E-state index in [-0.39, 0.29) is 0 Å². The molecule has 0 spiro atoms. The molecule has 1 heterocycles. The Morgan fingerprint density at radius 2 is 1.23 bits per heavy atom. The van der Waals surface area contributed by atoms with E-state index in [0.717, 1.165) is 21.0 Å². The Labute approximate surface area is 94.8 Å². The van der Waals surface area contributed by atoms with Crippen molar-refractivity contribution in [1.29, 1.82) is 0 Å². The molecular formula is C10H20S3. The smallest absolute Gasteiger partial charge is 0.0620 e. The highest BCUT2D eigenvalue weighted by Gasteiger charge is 2.27. The van der Waals surface area contributed by atoms with E-state index in [2.05, 4.69) is 61.0 Å². The molecule has 0 N–H and O–H groups in total. The standard InChI is InChI=1S/C10H20S3/c1-7(2)5-9-11-10(13-12-9)6-8(3)4/h7-10H,5-6H2,1-4H3/t9-,10-/m0/s1. The second-order valence-electron chi connectivity index (χ2n) is 4.45. The van der Waals surface area contributed by atoms with Crippen molar-refractivity contribution in [2.24, 2.45) is 11.8 Å². The monoisotopic (exact) mass is 236 g/mol. The molecule has 3 heteroatoms. The molecule has 0 saturated carbocycles. The van der Waals surface area contributed by atoms with Crippen LogP contribution in [0.15, 0.2) is 0 Å². The van der Waals surface area contributed by atoms with Gasteiger partial charge in [0.2, 0.25) is 0 Å². The van der Waals surface area contributed by atoms with Gasteiger partial charge in [0.1, 0.15) is 0 Å². The third-order valence-corrected chi connectivity index (χ3v) is 7.52. The zero-order valence-corrected chi connectivity index (χ0v) is 11.4. The van der Waals surface area contributed by atoms with Crippen molar-refractivity contribution < 1.29 is 0 Å². The van der Waals surface area contributed by atoms with Gasteiger partial charge in [-0.15, -0.1) is 11.8 Å². The summed E-state index contributed by atoms with van der Waals surface area (Å²) in [4.78, 5) is 0. The van der Waals surface area contributed by atoms with Crippen molar-refractivity contribution in [2.45, 2.75) is 49.7 Å². The summed E-state index contributed by atoms with van der Waals surface area (Å²) in [5, 5.41) is 0.